The Morgan fingerprint density at radius 1 is 1.00 bits per heavy atom. The van der Waals surface area contributed by atoms with Gasteiger partial charge in [-0.05, 0) is 0 Å². The zero-order valence-electron chi connectivity index (χ0n) is 8.86. The maximum atomic E-state index is 2.24. The summed E-state index contributed by atoms with van der Waals surface area (Å²) in [5.41, 5.74) is 1.46. The minimum Gasteiger partial charge on any atom is -0.168 e. The van der Waals surface area contributed by atoms with Crippen molar-refractivity contribution in [3.63, 3.8) is 0 Å². The van der Waals surface area contributed by atoms with Gasteiger partial charge in [-0.1, -0.05) is 25.8 Å². The summed E-state index contributed by atoms with van der Waals surface area (Å²) >= 11 is 0. The zero-order valence-corrected chi connectivity index (χ0v) is 12.9. The van der Waals surface area contributed by atoms with E-state index in [-0.39, 0.29) is 51.0 Å². The topological polar surface area (TPSA) is 0 Å². The number of fused-ring (bicyclic) bond motifs is 1. The van der Waals surface area contributed by atoms with Crippen LogP contribution in [0.1, 0.15) is 25.3 Å². The number of hydrogen-bond donors (Lipinski definition) is 0. The normalized spacial score (nSPS) is 9.00. The molecule has 0 amide bonds. The molecule has 0 unspecified atom stereocenters. The van der Waals surface area contributed by atoms with Crippen LogP contribution in [0, 0.1) is 0 Å². The predicted molar refractivity (Wildman–Crippen MR) is 68.1 cm³/mol. The van der Waals surface area contributed by atoms with Crippen LogP contribution in [-0.4, -0.2) is 0 Å². The smallest absolute Gasteiger partial charge is 0 e. The molecule has 0 radical (unpaired) electrons. The van der Waals surface area contributed by atoms with Crippen molar-refractivity contribution in [3.8, 4) is 0 Å². The third-order valence-electron chi connectivity index (χ3n) is 2.34. The largest absolute Gasteiger partial charge is 0.168 e. The Morgan fingerprint density at radius 2 is 1.60 bits per heavy atom. The van der Waals surface area contributed by atoms with Crippen LogP contribution in [0.4, 0.5) is 0 Å². The van der Waals surface area contributed by atoms with Crippen molar-refractivity contribution in [1.82, 2.24) is 0 Å². The molecule has 2 aromatic carbocycles. The van der Waals surface area contributed by atoms with Gasteiger partial charge in [0.1, 0.15) is 0 Å². The number of halogens is 2. The summed E-state index contributed by atoms with van der Waals surface area (Å²) in [5, 5.41) is 2.77. The molecule has 0 nitrogen and oxygen atoms in total. The van der Waals surface area contributed by atoms with Gasteiger partial charge in [0, 0.05) is 26.2 Å². The quantitative estimate of drug-likeness (QED) is 0.677. The van der Waals surface area contributed by atoms with Gasteiger partial charge in [0.05, 0.1) is 0 Å². The van der Waals surface area contributed by atoms with Crippen LogP contribution < -0.4 is 0 Å². The fourth-order valence-electron chi connectivity index (χ4n) is 1.68. The molecule has 0 saturated carbocycles. The molecule has 15 heavy (non-hydrogen) atoms. The Labute approximate surface area is 123 Å². The van der Waals surface area contributed by atoms with Crippen molar-refractivity contribution in [1.29, 1.82) is 0 Å². The van der Waals surface area contributed by atoms with E-state index in [4.69, 9.17) is 0 Å². The van der Waals surface area contributed by atoms with Gasteiger partial charge in [0.25, 0.3) is 0 Å². The first kappa shape index (κ1) is 17.7. The first-order valence-electron chi connectivity index (χ1n) is 4.43. The second kappa shape index (κ2) is 7.55. The monoisotopic (exact) mass is 319 g/mol. The molecule has 0 heterocycles. The van der Waals surface area contributed by atoms with E-state index in [2.05, 4.69) is 50.2 Å². The van der Waals surface area contributed by atoms with Gasteiger partial charge < -0.3 is 0 Å². The molecule has 0 aromatic heterocycles. The van der Waals surface area contributed by atoms with Crippen LogP contribution in [0.15, 0.2) is 36.4 Å². The molecule has 0 N–H and O–H groups in total. The third-order valence-corrected chi connectivity index (χ3v) is 2.34. The van der Waals surface area contributed by atoms with E-state index < -0.39 is 0 Å². The molecule has 0 aliphatic heterocycles. The maximum Gasteiger partial charge on any atom is 0 e. The van der Waals surface area contributed by atoms with Crippen LogP contribution >= 0.6 is 24.8 Å². The van der Waals surface area contributed by atoms with Crippen LogP contribution in [0.3, 0.4) is 0 Å². The Bertz CT molecular complexity index is 393. The zero-order chi connectivity index (χ0) is 8.55. The van der Waals surface area contributed by atoms with Crippen molar-refractivity contribution >= 4 is 35.6 Å². The summed E-state index contributed by atoms with van der Waals surface area (Å²) in [7, 11) is 0. The first-order valence-corrected chi connectivity index (χ1v) is 4.43. The fourth-order valence-corrected chi connectivity index (χ4v) is 1.68. The maximum absolute atomic E-state index is 2.24. The van der Waals surface area contributed by atoms with Crippen LogP contribution in [-0.2, 0) is 26.2 Å². The van der Waals surface area contributed by atoms with Gasteiger partial charge in [-0.15, -0.1) is 65.4 Å². The molecule has 0 fully saturated rings. The summed E-state index contributed by atoms with van der Waals surface area (Å²) in [5.74, 6) is 0.630. The molecule has 82 valence electrons. The van der Waals surface area contributed by atoms with Crippen molar-refractivity contribution < 1.29 is 26.2 Å². The van der Waals surface area contributed by atoms with Gasteiger partial charge in [-0.2, -0.15) is 6.07 Å². The minimum atomic E-state index is 0. The molecule has 0 bridgehead atoms. The first-order chi connectivity index (χ1) is 5.79. The minimum absolute atomic E-state index is 0. The van der Waals surface area contributed by atoms with Crippen molar-refractivity contribution in [2.45, 2.75) is 19.8 Å². The van der Waals surface area contributed by atoms with Crippen LogP contribution in [0.5, 0.6) is 0 Å². The van der Waals surface area contributed by atoms with Crippen molar-refractivity contribution in [2.24, 2.45) is 0 Å². The molecule has 0 spiro atoms. The number of hydrogen-bond acceptors (Lipinski definition) is 0. The summed E-state index contributed by atoms with van der Waals surface area (Å²) in [6.45, 7) is 4.48. The van der Waals surface area contributed by atoms with E-state index >= 15 is 0 Å². The Morgan fingerprint density at radius 3 is 2.20 bits per heavy atom. The fraction of sp³-hybridized carbons (Fsp3) is 0.250. The molecular formula is C12H15Cl2Zr-. The number of benzene rings is 1. The third kappa shape index (κ3) is 3.66. The van der Waals surface area contributed by atoms with Gasteiger partial charge in [-0.25, -0.2) is 0 Å². The number of rotatable bonds is 1. The summed E-state index contributed by atoms with van der Waals surface area (Å²) < 4.78 is 0. The summed E-state index contributed by atoms with van der Waals surface area (Å²) in [6.07, 6.45) is 0. The van der Waals surface area contributed by atoms with E-state index in [1.807, 2.05) is 0 Å². The SMILES string of the molecule is CC(C)[c-]1ccc2ccccc21.Cl.Cl.[Zr]. The van der Waals surface area contributed by atoms with Gasteiger partial charge in [-0.3, -0.25) is 0 Å². The summed E-state index contributed by atoms with van der Waals surface area (Å²) in [4.78, 5) is 0. The van der Waals surface area contributed by atoms with E-state index in [0.717, 1.165) is 0 Å². The van der Waals surface area contributed by atoms with Crippen LogP contribution in [0.25, 0.3) is 10.8 Å². The Kier molecular flexibility index (Phi) is 8.90. The van der Waals surface area contributed by atoms with E-state index in [9.17, 15) is 0 Å². The van der Waals surface area contributed by atoms with Gasteiger partial charge in [0.15, 0.2) is 0 Å². The molecule has 0 saturated heterocycles. The Hall–Kier alpha value is 0.293. The van der Waals surface area contributed by atoms with Crippen molar-refractivity contribution in [2.75, 3.05) is 0 Å². The van der Waals surface area contributed by atoms with Gasteiger partial charge >= 0.3 is 0 Å². The average Bonchev–Trinajstić information content (AvgIpc) is 2.47. The molecule has 0 atom stereocenters. The van der Waals surface area contributed by atoms with E-state index in [0.29, 0.717) is 5.92 Å². The van der Waals surface area contributed by atoms with E-state index in [1.54, 1.807) is 0 Å². The summed E-state index contributed by atoms with van der Waals surface area (Å²) in [6, 6.07) is 13.0. The average molecular weight is 321 g/mol. The predicted octanol–water partition coefficient (Wildman–Crippen LogP) is 4.52. The molecular weight excluding hydrogens is 306 g/mol. The molecule has 3 heteroatoms. The molecule has 0 aliphatic carbocycles. The Balaban J connectivity index is 0. The van der Waals surface area contributed by atoms with Crippen LogP contribution in [0.2, 0.25) is 0 Å². The molecule has 2 rings (SSSR count). The molecule has 0 aliphatic rings. The second-order valence-electron chi connectivity index (χ2n) is 3.53. The molecule has 2 aromatic rings. The standard InChI is InChI=1S/C12H13.2ClH.Zr/c1-9(2)11-8-7-10-5-3-4-6-12(10)11;;;/h3-9H,1-2H3;2*1H;/q-1;;;. The second-order valence-corrected chi connectivity index (χ2v) is 3.53. The van der Waals surface area contributed by atoms with E-state index in [1.165, 1.54) is 16.3 Å². The van der Waals surface area contributed by atoms with Gasteiger partial charge in [0.2, 0.25) is 0 Å². The van der Waals surface area contributed by atoms with Crippen molar-refractivity contribution in [3.05, 3.63) is 42.0 Å².